The van der Waals surface area contributed by atoms with Crippen molar-refractivity contribution in [2.24, 2.45) is 0 Å². The minimum absolute atomic E-state index is 0.105. The summed E-state index contributed by atoms with van der Waals surface area (Å²) in [6, 6.07) is 13.8. The third-order valence-corrected chi connectivity index (χ3v) is 5.91. The van der Waals surface area contributed by atoms with Crippen LogP contribution in [0, 0.1) is 11.6 Å². The van der Waals surface area contributed by atoms with Crippen LogP contribution in [0.15, 0.2) is 67.1 Å². The number of anilines is 2. The van der Waals surface area contributed by atoms with Crippen molar-refractivity contribution in [1.82, 2.24) is 29.9 Å². The Hall–Kier alpha value is -5.14. The number of alkyl halides is 3. The lowest BCUT2D eigenvalue weighted by Gasteiger charge is -2.14. The van der Waals surface area contributed by atoms with Gasteiger partial charge < -0.3 is 16.4 Å². The molecule has 9 nitrogen and oxygen atoms in total. The van der Waals surface area contributed by atoms with Gasteiger partial charge in [-0.1, -0.05) is 30.3 Å². The number of nitrogens with one attached hydrogen (secondary N) is 2. The minimum Gasteiger partial charge on any atom is -0.382 e. The molecule has 3 aromatic heterocycles. The van der Waals surface area contributed by atoms with Gasteiger partial charge in [0, 0.05) is 18.7 Å². The molecule has 1 amide bonds. The lowest BCUT2D eigenvalue weighted by molar-refractivity contribution is -0.141. The Kier molecular flexibility index (Phi) is 6.98. The first-order chi connectivity index (χ1) is 19.1. The van der Waals surface area contributed by atoms with Crippen molar-refractivity contribution in [3.8, 4) is 11.3 Å². The molecule has 204 valence electrons. The smallest absolute Gasteiger partial charge is 0.382 e. The summed E-state index contributed by atoms with van der Waals surface area (Å²) in [7, 11) is 0. The standard InChI is InChI=1S/C26H19F5N8O/c27-17-6-3-15(9-18(17)28)11-35-25(40)22-24(34-12-21(38-22)26(29,30)31)33-10-14-1-4-16(5-2-14)19-7-8-20-23(32)36-13-37-39(19)20/h1-9,12-13H,10-11H2,(H,33,34)(H,35,40)(H2,32,36,37). The van der Waals surface area contributed by atoms with Gasteiger partial charge in [0.25, 0.3) is 5.91 Å². The molecule has 14 heteroatoms. The summed E-state index contributed by atoms with van der Waals surface area (Å²) in [6.07, 6.45) is -2.97. The number of halogens is 5. The first kappa shape index (κ1) is 26.5. The fraction of sp³-hybridized carbons (Fsp3) is 0.115. The minimum atomic E-state index is -4.84. The van der Waals surface area contributed by atoms with E-state index in [1.54, 1.807) is 22.7 Å². The zero-order chi connectivity index (χ0) is 28.4. The number of aromatic nitrogens is 5. The molecule has 0 atom stereocenters. The molecule has 2 aromatic carbocycles. The maximum atomic E-state index is 13.5. The maximum absolute atomic E-state index is 13.5. The monoisotopic (exact) mass is 554 g/mol. The van der Waals surface area contributed by atoms with Crippen LogP contribution in [0.1, 0.15) is 27.3 Å². The summed E-state index contributed by atoms with van der Waals surface area (Å²) in [5.74, 6) is -3.03. The van der Waals surface area contributed by atoms with Gasteiger partial charge in [0.05, 0.1) is 11.9 Å². The highest BCUT2D eigenvalue weighted by Crippen LogP contribution is 2.29. The first-order valence-electron chi connectivity index (χ1n) is 11.7. The number of nitrogens with zero attached hydrogens (tertiary/aromatic N) is 5. The van der Waals surface area contributed by atoms with E-state index in [0.717, 1.165) is 29.0 Å². The number of rotatable bonds is 7. The Labute approximate surface area is 222 Å². The second-order valence-corrected chi connectivity index (χ2v) is 8.59. The zero-order valence-corrected chi connectivity index (χ0v) is 20.4. The number of amides is 1. The van der Waals surface area contributed by atoms with Crippen LogP contribution in [-0.4, -0.2) is 30.5 Å². The lowest BCUT2D eigenvalue weighted by Crippen LogP contribution is -2.27. The molecule has 0 bridgehead atoms. The third kappa shape index (κ3) is 5.50. The molecule has 0 aliphatic rings. The van der Waals surface area contributed by atoms with E-state index in [1.807, 2.05) is 18.2 Å². The van der Waals surface area contributed by atoms with Gasteiger partial charge in [0.2, 0.25) is 0 Å². The van der Waals surface area contributed by atoms with Crippen LogP contribution in [0.3, 0.4) is 0 Å². The average molecular weight is 554 g/mol. The fourth-order valence-corrected chi connectivity index (χ4v) is 3.88. The molecule has 0 spiro atoms. The second kappa shape index (κ2) is 10.6. The normalized spacial score (nSPS) is 11.5. The van der Waals surface area contributed by atoms with Crippen LogP contribution >= 0.6 is 0 Å². The van der Waals surface area contributed by atoms with Crippen molar-refractivity contribution in [3.05, 3.63) is 101 Å². The van der Waals surface area contributed by atoms with E-state index in [4.69, 9.17) is 5.73 Å². The van der Waals surface area contributed by atoms with Crippen LogP contribution in [0.2, 0.25) is 0 Å². The van der Waals surface area contributed by atoms with Gasteiger partial charge in [-0.15, -0.1) is 0 Å². The maximum Gasteiger partial charge on any atom is 0.434 e. The Bertz CT molecular complexity index is 1700. The predicted octanol–water partition coefficient (Wildman–Crippen LogP) is 4.61. The van der Waals surface area contributed by atoms with E-state index in [9.17, 15) is 26.7 Å². The average Bonchev–Trinajstić information content (AvgIpc) is 3.37. The molecule has 40 heavy (non-hydrogen) atoms. The quantitative estimate of drug-likeness (QED) is 0.251. The number of hydrogen-bond donors (Lipinski definition) is 3. The summed E-state index contributed by atoms with van der Waals surface area (Å²) in [6.45, 7) is -0.173. The first-order valence-corrected chi connectivity index (χ1v) is 11.7. The molecule has 4 N–H and O–H groups in total. The van der Waals surface area contributed by atoms with Crippen LogP contribution in [-0.2, 0) is 19.3 Å². The molecule has 0 aliphatic heterocycles. The molecular formula is C26H19F5N8O. The number of carbonyl (C=O) groups excluding carboxylic acids is 1. The van der Waals surface area contributed by atoms with Crippen molar-refractivity contribution < 1.29 is 26.7 Å². The molecule has 0 unspecified atom stereocenters. The van der Waals surface area contributed by atoms with E-state index < -0.39 is 35.1 Å². The van der Waals surface area contributed by atoms with E-state index >= 15 is 0 Å². The number of fused-ring (bicyclic) bond motifs is 1. The summed E-state index contributed by atoms with van der Waals surface area (Å²) in [5.41, 5.74) is 7.11. The van der Waals surface area contributed by atoms with Gasteiger partial charge in [-0.2, -0.15) is 18.3 Å². The summed E-state index contributed by atoms with van der Waals surface area (Å²) >= 11 is 0. The molecule has 0 radical (unpaired) electrons. The molecule has 0 fully saturated rings. The fourth-order valence-electron chi connectivity index (χ4n) is 3.88. The van der Waals surface area contributed by atoms with Crippen LogP contribution in [0.4, 0.5) is 33.6 Å². The number of benzene rings is 2. The van der Waals surface area contributed by atoms with Gasteiger partial charge in [-0.05, 0) is 35.4 Å². The zero-order valence-electron chi connectivity index (χ0n) is 20.4. The van der Waals surface area contributed by atoms with Crippen molar-refractivity contribution in [1.29, 1.82) is 0 Å². The number of nitrogens with two attached hydrogens (primary N) is 1. The van der Waals surface area contributed by atoms with Crippen molar-refractivity contribution in [3.63, 3.8) is 0 Å². The second-order valence-electron chi connectivity index (χ2n) is 8.59. The Morgan fingerprint density at radius 1 is 0.925 bits per heavy atom. The van der Waals surface area contributed by atoms with Gasteiger partial charge >= 0.3 is 6.18 Å². The molecule has 0 saturated carbocycles. The van der Waals surface area contributed by atoms with Crippen LogP contribution < -0.4 is 16.4 Å². The molecule has 0 saturated heterocycles. The Morgan fingerprint density at radius 2 is 1.68 bits per heavy atom. The van der Waals surface area contributed by atoms with E-state index in [1.165, 1.54) is 12.4 Å². The largest absolute Gasteiger partial charge is 0.434 e. The molecule has 3 heterocycles. The third-order valence-electron chi connectivity index (χ3n) is 5.91. The van der Waals surface area contributed by atoms with Gasteiger partial charge in [-0.25, -0.2) is 28.2 Å². The van der Waals surface area contributed by atoms with E-state index in [2.05, 4.69) is 30.7 Å². The Morgan fingerprint density at radius 3 is 2.40 bits per heavy atom. The van der Waals surface area contributed by atoms with Crippen molar-refractivity contribution in [2.75, 3.05) is 11.1 Å². The van der Waals surface area contributed by atoms with Crippen molar-refractivity contribution >= 4 is 23.1 Å². The molecule has 5 rings (SSSR count). The topological polar surface area (TPSA) is 123 Å². The summed E-state index contributed by atoms with van der Waals surface area (Å²) in [5, 5.41) is 9.42. The van der Waals surface area contributed by atoms with Crippen molar-refractivity contribution in [2.45, 2.75) is 19.3 Å². The SMILES string of the molecule is Nc1ncnn2c(-c3ccc(CNc4ncc(C(F)(F)F)nc4C(=O)NCc4ccc(F)c(F)c4)cc3)ccc12. The highest BCUT2D eigenvalue weighted by Gasteiger charge is 2.34. The molecule has 0 aliphatic carbocycles. The lowest BCUT2D eigenvalue weighted by atomic mass is 10.1. The Balaban J connectivity index is 1.33. The summed E-state index contributed by atoms with van der Waals surface area (Å²) in [4.78, 5) is 24.0. The number of hydrogen-bond acceptors (Lipinski definition) is 7. The van der Waals surface area contributed by atoms with E-state index in [0.29, 0.717) is 17.5 Å². The van der Waals surface area contributed by atoms with Crippen LogP contribution in [0.25, 0.3) is 16.8 Å². The van der Waals surface area contributed by atoms with Gasteiger partial charge in [-0.3, -0.25) is 4.79 Å². The molecular weight excluding hydrogens is 535 g/mol. The number of carbonyl (C=O) groups is 1. The highest BCUT2D eigenvalue weighted by molar-refractivity contribution is 5.96. The van der Waals surface area contributed by atoms with Gasteiger partial charge in [0.15, 0.2) is 34.7 Å². The predicted molar refractivity (Wildman–Crippen MR) is 135 cm³/mol. The molecule has 5 aromatic rings. The highest BCUT2D eigenvalue weighted by atomic mass is 19.4. The van der Waals surface area contributed by atoms with E-state index in [-0.39, 0.29) is 24.5 Å². The number of nitrogen functional groups attached to an aromatic ring is 1. The van der Waals surface area contributed by atoms with Gasteiger partial charge in [0.1, 0.15) is 11.8 Å². The van der Waals surface area contributed by atoms with Crippen LogP contribution in [0.5, 0.6) is 0 Å². The summed E-state index contributed by atoms with van der Waals surface area (Å²) < 4.78 is 68.1.